The quantitative estimate of drug-likeness (QED) is 0.806. The first-order valence-electron chi connectivity index (χ1n) is 6.76. The Morgan fingerprint density at radius 3 is 2.50 bits per heavy atom. The molecule has 0 saturated carbocycles. The molecule has 2 N–H and O–H groups in total. The van der Waals surface area contributed by atoms with Gasteiger partial charge in [-0.25, -0.2) is 9.18 Å². The molecule has 0 spiro atoms. The number of carbonyl (C=O) groups is 1. The fourth-order valence-electron chi connectivity index (χ4n) is 1.80. The first-order chi connectivity index (χ1) is 10.7. The number of nitrogens with one attached hydrogen (secondary N) is 2. The fraction of sp³-hybridized carbons (Fsp3) is 0.188. The molecule has 0 atom stereocenters. The Hall–Kier alpha value is -2.76. The van der Waals surface area contributed by atoms with Crippen LogP contribution in [0.25, 0.3) is 0 Å². The zero-order chi connectivity index (χ0) is 15.8. The van der Waals surface area contributed by atoms with Gasteiger partial charge in [0.15, 0.2) is 11.6 Å². The first-order valence-corrected chi connectivity index (χ1v) is 6.76. The number of hydrogen-bond acceptors (Lipinski definition) is 3. The Morgan fingerprint density at radius 1 is 1.09 bits per heavy atom. The Bertz CT molecular complexity index is 634. The van der Waals surface area contributed by atoms with Gasteiger partial charge in [0, 0.05) is 0 Å². The molecule has 0 fully saturated rings. The highest BCUT2D eigenvalue weighted by Crippen LogP contribution is 2.22. The SMILES string of the molecule is COc1ccccc1NC(=O)NCCOc1ccccc1F. The number of anilines is 1. The third kappa shape index (κ3) is 4.37. The van der Waals surface area contributed by atoms with E-state index in [4.69, 9.17) is 9.47 Å². The molecule has 0 radical (unpaired) electrons. The molecule has 6 heteroatoms. The van der Waals surface area contributed by atoms with E-state index in [0.29, 0.717) is 11.4 Å². The molecule has 0 heterocycles. The average Bonchev–Trinajstić information content (AvgIpc) is 2.53. The lowest BCUT2D eigenvalue weighted by Gasteiger charge is -2.11. The summed E-state index contributed by atoms with van der Waals surface area (Å²) in [6, 6.07) is 12.8. The van der Waals surface area contributed by atoms with Crippen molar-refractivity contribution in [3.63, 3.8) is 0 Å². The number of amides is 2. The summed E-state index contributed by atoms with van der Waals surface area (Å²) in [6.07, 6.45) is 0. The number of ether oxygens (including phenoxy) is 2. The Morgan fingerprint density at radius 2 is 1.77 bits per heavy atom. The summed E-state index contributed by atoms with van der Waals surface area (Å²) < 4.78 is 23.7. The van der Waals surface area contributed by atoms with Gasteiger partial charge >= 0.3 is 6.03 Å². The number of carbonyl (C=O) groups excluding carboxylic acids is 1. The number of benzene rings is 2. The van der Waals surface area contributed by atoms with Crippen molar-refractivity contribution in [3.8, 4) is 11.5 Å². The molecule has 0 aliphatic carbocycles. The van der Waals surface area contributed by atoms with Crippen LogP contribution in [0.2, 0.25) is 0 Å². The van der Waals surface area contributed by atoms with E-state index in [9.17, 15) is 9.18 Å². The second-order valence-electron chi connectivity index (χ2n) is 4.36. The van der Waals surface area contributed by atoms with Crippen molar-refractivity contribution in [1.29, 1.82) is 0 Å². The van der Waals surface area contributed by atoms with E-state index in [-0.39, 0.29) is 24.9 Å². The van der Waals surface area contributed by atoms with E-state index in [1.165, 1.54) is 19.2 Å². The van der Waals surface area contributed by atoms with Gasteiger partial charge in [-0.15, -0.1) is 0 Å². The molecule has 2 amide bonds. The molecule has 0 saturated heterocycles. The lowest BCUT2D eigenvalue weighted by molar-refractivity contribution is 0.246. The second-order valence-corrected chi connectivity index (χ2v) is 4.36. The lowest BCUT2D eigenvalue weighted by atomic mass is 10.3. The normalized spacial score (nSPS) is 9.91. The number of halogens is 1. The molecular formula is C16H17FN2O3. The number of para-hydroxylation sites is 3. The van der Waals surface area contributed by atoms with Gasteiger partial charge in [0.05, 0.1) is 19.3 Å². The summed E-state index contributed by atoms with van der Waals surface area (Å²) in [6.45, 7) is 0.412. The topological polar surface area (TPSA) is 59.6 Å². The molecule has 0 aliphatic rings. The van der Waals surface area contributed by atoms with E-state index in [1.54, 1.807) is 30.3 Å². The average molecular weight is 304 g/mol. The molecule has 0 bridgehead atoms. The van der Waals surface area contributed by atoms with Crippen molar-refractivity contribution in [2.45, 2.75) is 0 Å². The zero-order valence-corrected chi connectivity index (χ0v) is 12.1. The highest BCUT2D eigenvalue weighted by Gasteiger charge is 2.06. The Kier molecular flexibility index (Phi) is 5.59. The summed E-state index contributed by atoms with van der Waals surface area (Å²) in [7, 11) is 1.53. The standard InChI is InChI=1S/C16H17FN2O3/c1-21-15-9-5-3-7-13(15)19-16(20)18-10-11-22-14-8-4-2-6-12(14)17/h2-9H,10-11H2,1H3,(H2,18,19,20). The van der Waals surface area contributed by atoms with Crippen molar-refractivity contribution in [1.82, 2.24) is 5.32 Å². The fourth-order valence-corrected chi connectivity index (χ4v) is 1.80. The predicted octanol–water partition coefficient (Wildman–Crippen LogP) is 3.03. The van der Waals surface area contributed by atoms with Crippen LogP contribution in [0.3, 0.4) is 0 Å². The van der Waals surface area contributed by atoms with Gasteiger partial charge in [-0.1, -0.05) is 24.3 Å². The highest BCUT2D eigenvalue weighted by molar-refractivity contribution is 5.90. The van der Waals surface area contributed by atoms with E-state index in [1.807, 2.05) is 6.07 Å². The summed E-state index contributed by atoms with van der Waals surface area (Å²) in [4.78, 5) is 11.8. The molecule has 2 aromatic carbocycles. The smallest absolute Gasteiger partial charge is 0.319 e. The maximum Gasteiger partial charge on any atom is 0.319 e. The zero-order valence-electron chi connectivity index (χ0n) is 12.1. The van der Waals surface area contributed by atoms with Crippen LogP contribution in [0.1, 0.15) is 0 Å². The molecule has 22 heavy (non-hydrogen) atoms. The van der Waals surface area contributed by atoms with Crippen LogP contribution in [0.15, 0.2) is 48.5 Å². The lowest BCUT2D eigenvalue weighted by Crippen LogP contribution is -2.32. The van der Waals surface area contributed by atoms with E-state index in [0.717, 1.165) is 0 Å². The molecular weight excluding hydrogens is 287 g/mol. The van der Waals surface area contributed by atoms with Gasteiger partial charge in [-0.2, -0.15) is 0 Å². The van der Waals surface area contributed by atoms with Gasteiger partial charge in [-0.05, 0) is 24.3 Å². The summed E-state index contributed by atoms with van der Waals surface area (Å²) in [5.74, 6) is 0.302. The Balaban J connectivity index is 1.75. The Labute approximate surface area is 128 Å². The maximum absolute atomic E-state index is 13.3. The van der Waals surface area contributed by atoms with Crippen molar-refractivity contribution < 1.29 is 18.7 Å². The van der Waals surface area contributed by atoms with E-state index in [2.05, 4.69) is 10.6 Å². The molecule has 2 rings (SSSR count). The minimum atomic E-state index is -0.430. The van der Waals surface area contributed by atoms with Crippen LogP contribution in [-0.2, 0) is 0 Å². The van der Waals surface area contributed by atoms with Crippen LogP contribution in [0.4, 0.5) is 14.9 Å². The molecule has 5 nitrogen and oxygen atoms in total. The largest absolute Gasteiger partial charge is 0.495 e. The molecule has 2 aromatic rings. The van der Waals surface area contributed by atoms with Crippen LogP contribution in [-0.4, -0.2) is 26.3 Å². The van der Waals surface area contributed by atoms with E-state index >= 15 is 0 Å². The minimum Gasteiger partial charge on any atom is -0.495 e. The number of hydrogen-bond donors (Lipinski definition) is 2. The third-order valence-corrected chi connectivity index (χ3v) is 2.84. The van der Waals surface area contributed by atoms with Crippen molar-refractivity contribution >= 4 is 11.7 Å². The first kappa shape index (κ1) is 15.6. The minimum absolute atomic E-state index is 0.162. The van der Waals surface area contributed by atoms with Gasteiger partial charge in [0.25, 0.3) is 0 Å². The number of urea groups is 1. The number of rotatable bonds is 6. The maximum atomic E-state index is 13.3. The van der Waals surface area contributed by atoms with Crippen LogP contribution in [0.5, 0.6) is 11.5 Å². The highest BCUT2D eigenvalue weighted by atomic mass is 19.1. The third-order valence-electron chi connectivity index (χ3n) is 2.84. The van der Waals surface area contributed by atoms with Gasteiger partial charge in [0.1, 0.15) is 12.4 Å². The van der Waals surface area contributed by atoms with E-state index < -0.39 is 5.82 Å². The number of methoxy groups -OCH3 is 1. The molecule has 0 aliphatic heterocycles. The van der Waals surface area contributed by atoms with Gasteiger partial charge < -0.3 is 20.1 Å². The van der Waals surface area contributed by atoms with Crippen molar-refractivity contribution in [2.75, 3.05) is 25.6 Å². The molecule has 0 aromatic heterocycles. The van der Waals surface area contributed by atoms with Crippen LogP contribution < -0.4 is 20.1 Å². The van der Waals surface area contributed by atoms with Gasteiger partial charge in [0.2, 0.25) is 0 Å². The van der Waals surface area contributed by atoms with Crippen molar-refractivity contribution in [3.05, 3.63) is 54.3 Å². The van der Waals surface area contributed by atoms with Crippen LogP contribution >= 0.6 is 0 Å². The second kappa shape index (κ2) is 7.87. The predicted molar refractivity (Wildman–Crippen MR) is 81.9 cm³/mol. The van der Waals surface area contributed by atoms with Crippen molar-refractivity contribution in [2.24, 2.45) is 0 Å². The van der Waals surface area contributed by atoms with Crippen LogP contribution in [0, 0.1) is 5.82 Å². The molecule has 116 valence electrons. The monoisotopic (exact) mass is 304 g/mol. The van der Waals surface area contributed by atoms with Gasteiger partial charge in [-0.3, -0.25) is 0 Å². The summed E-state index contributed by atoms with van der Waals surface area (Å²) >= 11 is 0. The summed E-state index contributed by atoms with van der Waals surface area (Å²) in [5.41, 5.74) is 0.567. The summed E-state index contributed by atoms with van der Waals surface area (Å²) in [5, 5.41) is 5.29. The molecule has 0 unspecified atom stereocenters.